The summed E-state index contributed by atoms with van der Waals surface area (Å²) in [5.74, 6) is -0.153. The molecule has 0 spiro atoms. The van der Waals surface area contributed by atoms with Gasteiger partial charge >= 0.3 is 0 Å². The van der Waals surface area contributed by atoms with Crippen LogP contribution in [-0.4, -0.2) is 20.0 Å². The molecular formula is C17H21N3O. The van der Waals surface area contributed by atoms with E-state index in [2.05, 4.69) is 12.2 Å². The smallest absolute Gasteiger partial charge is 0.255 e. The normalized spacial score (nSPS) is 10.2. The summed E-state index contributed by atoms with van der Waals surface area (Å²) in [5, 5.41) is 2.90. The van der Waals surface area contributed by atoms with Crippen LogP contribution in [0.1, 0.15) is 22.8 Å². The van der Waals surface area contributed by atoms with Crippen LogP contribution < -0.4 is 16.0 Å². The third-order valence-corrected chi connectivity index (χ3v) is 3.36. The van der Waals surface area contributed by atoms with Crippen LogP contribution in [0.15, 0.2) is 42.5 Å². The molecule has 0 saturated carbocycles. The maximum Gasteiger partial charge on any atom is 0.255 e. The van der Waals surface area contributed by atoms with E-state index in [1.54, 1.807) is 12.1 Å². The van der Waals surface area contributed by atoms with Crippen molar-refractivity contribution in [2.24, 2.45) is 0 Å². The first-order valence-corrected chi connectivity index (χ1v) is 6.98. The van der Waals surface area contributed by atoms with Gasteiger partial charge < -0.3 is 16.0 Å². The lowest BCUT2D eigenvalue weighted by molar-refractivity contribution is 0.102. The van der Waals surface area contributed by atoms with E-state index >= 15 is 0 Å². The van der Waals surface area contributed by atoms with Gasteiger partial charge in [0.05, 0.1) is 11.4 Å². The van der Waals surface area contributed by atoms with E-state index in [1.807, 2.05) is 49.3 Å². The van der Waals surface area contributed by atoms with Gasteiger partial charge in [-0.2, -0.15) is 0 Å². The molecule has 0 aliphatic rings. The molecule has 0 saturated heterocycles. The van der Waals surface area contributed by atoms with Gasteiger partial charge in [0.1, 0.15) is 0 Å². The van der Waals surface area contributed by atoms with E-state index in [4.69, 9.17) is 5.73 Å². The average molecular weight is 283 g/mol. The molecule has 0 aromatic heterocycles. The number of benzene rings is 2. The minimum absolute atomic E-state index is 0.153. The zero-order valence-electron chi connectivity index (χ0n) is 12.7. The number of nitrogen functional groups attached to an aromatic ring is 1. The quantitative estimate of drug-likeness (QED) is 0.847. The van der Waals surface area contributed by atoms with Gasteiger partial charge in [0, 0.05) is 25.3 Å². The van der Waals surface area contributed by atoms with E-state index in [0.29, 0.717) is 11.3 Å². The average Bonchev–Trinajstić information content (AvgIpc) is 2.46. The third-order valence-electron chi connectivity index (χ3n) is 3.36. The van der Waals surface area contributed by atoms with Gasteiger partial charge in [-0.25, -0.2) is 0 Å². The number of hydrogen-bond donors (Lipinski definition) is 2. The van der Waals surface area contributed by atoms with Gasteiger partial charge in [-0.05, 0) is 42.3 Å². The molecule has 0 heterocycles. The first kappa shape index (κ1) is 14.9. The number of aryl methyl sites for hydroxylation is 1. The predicted molar refractivity (Wildman–Crippen MR) is 89.0 cm³/mol. The van der Waals surface area contributed by atoms with Gasteiger partial charge in [0.25, 0.3) is 5.91 Å². The van der Waals surface area contributed by atoms with Crippen LogP contribution in [0.25, 0.3) is 0 Å². The van der Waals surface area contributed by atoms with E-state index in [1.165, 1.54) is 5.56 Å². The molecule has 2 rings (SSSR count). The largest absolute Gasteiger partial charge is 0.397 e. The van der Waals surface area contributed by atoms with E-state index < -0.39 is 0 Å². The van der Waals surface area contributed by atoms with Gasteiger partial charge in [-0.3, -0.25) is 4.79 Å². The molecule has 2 aromatic rings. The molecule has 0 aliphatic carbocycles. The molecule has 0 unspecified atom stereocenters. The lowest BCUT2D eigenvalue weighted by Gasteiger charge is -2.16. The Morgan fingerprint density at radius 3 is 2.57 bits per heavy atom. The number of nitrogens with zero attached hydrogens (tertiary/aromatic N) is 1. The Hall–Kier alpha value is -2.49. The number of amides is 1. The number of carbonyl (C=O) groups excluding carboxylic acids is 1. The SMILES string of the molecule is CCc1cccc(NC(=O)c2ccc(N(C)C)c(N)c2)c1. The Kier molecular flexibility index (Phi) is 4.48. The van der Waals surface area contributed by atoms with Crippen molar-refractivity contribution in [1.29, 1.82) is 0 Å². The summed E-state index contributed by atoms with van der Waals surface area (Å²) in [6.45, 7) is 2.08. The lowest BCUT2D eigenvalue weighted by atomic mass is 10.1. The van der Waals surface area contributed by atoms with Crippen LogP contribution in [0.4, 0.5) is 17.1 Å². The molecular weight excluding hydrogens is 262 g/mol. The molecule has 1 amide bonds. The van der Waals surface area contributed by atoms with E-state index in [9.17, 15) is 4.79 Å². The fourth-order valence-corrected chi connectivity index (χ4v) is 2.18. The molecule has 3 N–H and O–H groups in total. The number of rotatable bonds is 4. The van der Waals surface area contributed by atoms with Gasteiger partial charge in [-0.1, -0.05) is 19.1 Å². The van der Waals surface area contributed by atoms with Crippen molar-refractivity contribution in [3.05, 3.63) is 53.6 Å². The Labute approximate surface area is 125 Å². The summed E-state index contributed by atoms with van der Waals surface area (Å²) in [4.78, 5) is 14.2. The number of nitrogens with two attached hydrogens (primary N) is 1. The molecule has 0 radical (unpaired) electrons. The Balaban J connectivity index is 2.18. The van der Waals surface area contributed by atoms with Crippen LogP contribution >= 0.6 is 0 Å². The van der Waals surface area contributed by atoms with E-state index in [0.717, 1.165) is 17.8 Å². The second-order valence-corrected chi connectivity index (χ2v) is 5.18. The van der Waals surface area contributed by atoms with Crippen molar-refractivity contribution < 1.29 is 4.79 Å². The molecule has 4 heteroatoms. The van der Waals surface area contributed by atoms with Crippen molar-refractivity contribution in [2.45, 2.75) is 13.3 Å². The number of hydrogen-bond acceptors (Lipinski definition) is 3. The highest BCUT2D eigenvalue weighted by molar-refractivity contribution is 6.05. The monoisotopic (exact) mass is 283 g/mol. The van der Waals surface area contributed by atoms with Gasteiger partial charge in [0.2, 0.25) is 0 Å². The van der Waals surface area contributed by atoms with Gasteiger partial charge in [-0.15, -0.1) is 0 Å². The highest BCUT2D eigenvalue weighted by Gasteiger charge is 2.09. The zero-order chi connectivity index (χ0) is 15.4. The standard InChI is InChI=1S/C17H21N3O/c1-4-12-6-5-7-14(10-12)19-17(21)13-8-9-16(20(2)3)15(18)11-13/h5-11H,4,18H2,1-3H3,(H,19,21). The second kappa shape index (κ2) is 6.31. The number of nitrogens with one attached hydrogen (secondary N) is 1. The van der Waals surface area contributed by atoms with Gasteiger partial charge in [0.15, 0.2) is 0 Å². The van der Waals surface area contributed by atoms with Crippen molar-refractivity contribution in [3.8, 4) is 0 Å². The molecule has 2 aromatic carbocycles. The van der Waals surface area contributed by atoms with E-state index in [-0.39, 0.29) is 5.91 Å². The van der Waals surface area contributed by atoms with Crippen molar-refractivity contribution in [3.63, 3.8) is 0 Å². The minimum atomic E-state index is -0.153. The first-order valence-electron chi connectivity index (χ1n) is 6.98. The molecule has 110 valence electrons. The highest BCUT2D eigenvalue weighted by atomic mass is 16.1. The first-order chi connectivity index (χ1) is 10.0. The Bertz CT molecular complexity index is 650. The minimum Gasteiger partial charge on any atom is -0.397 e. The summed E-state index contributed by atoms with van der Waals surface area (Å²) in [6, 6.07) is 13.2. The topological polar surface area (TPSA) is 58.4 Å². The van der Waals surface area contributed by atoms with Crippen LogP contribution in [0, 0.1) is 0 Å². The Morgan fingerprint density at radius 2 is 1.95 bits per heavy atom. The maximum atomic E-state index is 12.3. The summed E-state index contributed by atoms with van der Waals surface area (Å²) in [7, 11) is 3.84. The van der Waals surface area contributed by atoms with Crippen molar-refractivity contribution >= 4 is 23.0 Å². The number of anilines is 3. The zero-order valence-corrected chi connectivity index (χ0v) is 12.7. The second-order valence-electron chi connectivity index (χ2n) is 5.18. The summed E-state index contributed by atoms with van der Waals surface area (Å²) in [5.41, 5.74) is 10.0. The highest BCUT2D eigenvalue weighted by Crippen LogP contribution is 2.23. The number of carbonyl (C=O) groups is 1. The predicted octanol–water partition coefficient (Wildman–Crippen LogP) is 3.15. The third kappa shape index (κ3) is 3.54. The molecule has 0 bridgehead atoms. The molecule has 4 nitrogen and oxygen atoms in total. The lowest BCUT2D eigenvalue weighted by Crippen LogP contribution is -2.15. The van der Waals surface area contributed by atoms with Crippen molar-refractivity contribution in [2.75, 3.05) is 30.0 Å². The van der Waals surface area contributed by atoms with Crippen LogP contribution in [0.2, 0.25) is 0 Å². The fourth-order valence-electron chi connectivity index (χ4n) is 2.18. The summed E-state index contributed by atoms with van der Waals surface area (Å²) < 4.78 is 0. The fraction of sp³-hybridized carbons (Fsp3) is 0.235. The summed E-state index contributed by atoms with van der Waals surface area (Å²) >= 11 is 0. The summed E-state index contributed by atoms with van der Waals surface area (Å²) in [6.07, 6.45) is 0.939. The van der Waals surface area contributed by atoms with Crippen LogP contribution in [-0.2, 0) is 6.42 Å². The molecule has 0 fully saturated rings. The molecule has 0 atom stereocenters. The van der Waals surface area contributed by atoms with Crippen LogP contribution in [0.5, 0.6) is 0 Å². The molecule has 0 aliphatic heterocycles. The molecule has 21 heavy (non-hydrogen) atoms. The Morgan fingerprint density at radius 1 is 1.19 bits per heavy atom. The maximum absolute atomic E-state index is 12.3. The van der Waals surface area contributed by atoms with Crippen LogP contribution in [0.3, 0.4) is 0 Å². The van der Waals surface area contributed by atoms with Crippen molar-refractivity contribution in [1.82, 2.24) is 0 Å².